The zero-order valence-electron chi connectivity index (χ0n) is 14.7. The first-order valence-electron chi connectivity index (χ1n) is 8.22. The van der Waals surface area contributed by atoms with Crippen molar-refractivity contribution in [2.45, 2.75) is 26.3 Å². The number of aromatic nitrogens is 4. The Labute approximate surface area is 149 Å². The first-order chi connectivity index (χ1) is 12.3. The number of amides is 1. The summed E-state index contributed by atoms with van der Waals surface area (Å²) in [6.45, 7) is 3.88. The van der Waals surface area contributed by atoms with Gasteiger partial charge < -0.3 is 21.1 Å². The van der Waals surface area contributed by atoms with E-state index in [0.29, 0.717) is 17.7 Å². The van der Waals surface area contributed by atoms with Gasteiger partial charge in [-0.2, -0.15) is 5.10 Å². The van der Waals surface area contributed by atoms with E-state index in [9.17, 15) is 14.3 Å². The number of anilines is 1. The Kier molecular flexibility index (Phi) is 4.54. The first-order valence-corrected chi connectivity index (χ1v) is 8.22. The third kappa shape index (κ3) is 3.19. The molecule has 1 atom stereocenters. The molecule has 0 unspecified atom stereocenters. The van der Waals surface area contributed by atoms with Crippen LogP contribution in [-0.2, 0) is 11.8 Å². The molecule has 26 heavy (non-hydrogen) atoms. The quantitative estimate of drug-likeness (QED) is 0.536. The molecule has 3 heterocycles. The molecule has 0 spiro atoms. The average molecular weight is 360 g/mol. The van der Waals surface area contributed by atoms with Crippen molar-refractivity contribution in [2.75, 3.05) is 5.32 Å². The number of fused-ring (bicyclic) bond motifs is 1. The van der Waals surface area contributed by atoms with E-state index in [-0.39, 0.29) is 28.4 Å². The number of nitrogens with zero attached hydrogens (tertiary/aromatic N) is 3. The van der Waals surface area contributed by atoms with Crippen LogP contribution in [0.15, 0.2) is 18.6 Å². The molecule has 0 fully saturated rings. The van der Waals surface area contributed by atoms with Crippen LogP contribution in [-0.4, -0.2) is 36.8 Å². The molecule has 3 aromatic rings. The average Bonchev–Trinajstić information content (AvgIpc) is 3.15. The number of pyridine rings is 1. The summed E-state index contributed by atoms with van der Waals surface area (Å²) in [6, 6.07) is -0.760. The molecule has 0 aliphatic heterocycles. The summed E-state index contributed by atoms with van der Waals surface area (Å²) in [5, 5.41) is 17.4. The number of nitrogens with two attached hydrogens (primary N) is 1. The molecule has 8 nitrogen and oxygen atoms in total. The fourth-order valence-corrected chi connectivity index (χ4v) is 2.90. The number of hydrogen-bond donors (Lipinski definition) is 4. The monoisotopic (exact) mass is 360 g/mol. The van der Waals surface area contributed by atoms with Crippen molar-refractivity contribution >= 4 is 22.5 Å². The number of H-pyrrole nitrogens is 1. The van der Waals surface area contributed by atoms with Crippen molar-refractivity contribution in [3.63, 3.8) is 0 Å². The molecule has 0 aliphatic carbocycles. The van der Waals surface area contributed by atoms with Gasteiger partial charge >= 0.3 is 0 Å². The highest BCUT2D eigenvalue weighted by Gasteiger charge is 2.24. The third-order valence-electron chi connectivity index (χ3n) is 4.10. The molecule has 1 amide bonds. The van der Waals surface area contributed by atoms with Crippen LogP contribution < -0.4 is 11.1 Å². The first kappa shape index (κ1) is 17.7. The van der Waals surface area contributed by atoms with Crippen LogP contribution in [0.3, 0.4) is 0 Å². The Morgan fingerprint density at radius 3 is 2.81 bits per heavy atom. The molecule has 0 aromatic carbocycles. The lowest BCUT2D eigenvalue weighted by atomic mass is 10.0. The lowest BCUT2D eigenvalue weighted by Crippen LogP contribution is -2.37. The maximum Gasteiger partial charge on any atom is 0.239 e. The molecule has 0 radical (unpaired) electrons. The van der Waals surface area contributed by atoms with Gasteiger partial charge in [-0.1, -0.05) is 13.8 Å². The van der Waals surface area contributed by atoms with Gasteiger partial charge in [0, 0.05) is 30.4 Å². The molecule has 0 bridgehead atoms. The maximum absolute atomic E-state index is 14.9. The van der Waals surface area contributed by atoms with Crippen molar-refractivity contribution in [1.29, 1.82) is 0 Å². The number of nitrogens with one attached hydrogen (secondary N) is 2. The Morgan fingerprint density at radius 2 is 2.23 bits per heavy atom. The summed E-state index contributed by atoms with van der Waals surface area (Å²) in [4.78, 5) is 18.6. The molecule has 9 heteroatoms. The van der Waals surface area contributed by atoms with Gasteiger partial charge in [-0.25, -0.2) is 9.37 Å². The largest absolute Gasteiger partial charge is 0.494 e. The van der Waals surface area contributed by atoms with E-state index >= 15 is 0 Å². The molecular formula is C17H21FN6O2. The van der Waals surface area contributed by atoms with Crippen LogP contribution in [0.5, 0.6) is 5.88 Å². The Bertz CT molecular complexity index is 962. The number of halogens is 1. The van der Waals surface area contributed by atoms with Gasteiger partial charge in [-0.05, 0) is 12.3 Å². The fraction of sp³-hybridized carbons (Fsp3) is 0.353. The lowest BCUT2D eigenvalue weighted by Gasteiger charge is -2.19. The van der Waals surface area contributed by atoms with Gasteiger partial charge in [0.15, 0.2) is 17.5 Å². The minimum atomic E-state index is -0.760. The molecule has 138 valence electrons. The summed E-state index contributed by atoms with van der Waals surface area (Å²) in [5.74, 6) is -1.36. The number of aryl methyl sites for hydroxylation is 1. The van der Waals surface area contributed by atoms with Gasteiger partial charge in [-0.3, -0.25) is 9.48 Å². The summed E-state index contributed by atoms with van der Waals surface area (Å²) < 4.78 is 16.5. The molecule has 0 saturated heterocycles. The number of aromatic amines is 1. The fourth-order valence-electron chi connectivity index (χ4n) is 2.90. The summed E-state index contributed by atoms with van der Waals surface area (Å²) >= 11 is 0. The second-order valence-corrected chi connectivity index (χ2v) is 6.68. The third-order valence-corrected chi connectivity index (χ3v) is 4.10. The SMILES string of the molecule is CC(C)C[C@@H](Nc1nc(-c2cnn(C)c2)c2c(O)[nH]cc2c1F)C(N)=O. The smallest absolute Gasteiger partial charge is 0.239 e. The molecule has 0 saturated carbocycles. The zero-order valence-corrected chi connectivity index (χ0v) is 14.7. The second-order valence-electron chi connectivity index (χ2n) is 6.68. The molecule has 3 rings (SSSR count). The van der Waals surface area contributed by atoms with Crippen LogP contribution in [0.4, 0.5) is 10.2 Å². The highest BCUT2D eigenvalue weighted by atomic mass is 19.1. The number of hydrogen-bond acceptors (Lipinski definition) is 5. The van der Waals surface area contributed by atoms with Gasteiger partial charge in [0.05, 0.1) is 17.3 Å². The number of carbonyl (C=O) groups is 1. The van der Waals surface area contributed by atoms with Crippen LogP contribution >= 0.6 is 0 Å². The number of aromatic hydroxyl groups is 1. The molecule has 3 aromatic heterocycles. The van der Waals surface area contributed by atoms with Crippen molar-refractivity contribution < 1.29 is 14.3 Å². The molecular weight excluding hydrogens is 339 g/mol. The standard InChI is InChI=1S/C17H21FN6O2/c1-8(2)4-11(15(19)25)22-16-13(18)10-6-20-17(26)12(10)14(23-16)9-5-21-24(3)7-9/h5-8,11,20,22,26H,4H2,1-3H3,(H2,19,25)/t11-/m1/s1. The molecule has 0 aliphatic rings. The summed E-state index contributed by atoms with van der Waals surface area (Å²) in [7, 11) is 1.74. The van der Waals surface area contributed by atoms with Crippen LogP contribution in [0.25, 0.3) is 22.0 Å². The van der Waals surface area contributed by atoms with Gasteiger partial charge in [-0.15, -0.1) is 0 Å². The Balaban J connectivity index is 2.14. The van der Waals surface area contributed by atoms with Crippen molar-refractivity contribution in [1.82, 2.24) is 19.7 Å². The van der Waals surface area contributed by atoms with Crippen LogP contribution in [0.1, 0.15) is 20.3 Å². The van der Waals surface area contributed by atoms with Crippen molar-refractivity contribution in [3.8, 4) is 17.1 Å². The topological polar surface area (TPSA) is 122 Å². The van der Waals surface area contributed by atoms with Gasteiger partial charge in [0.1, 0.15) is 6.04 Å². The summed E-state index contributed by atoms with van der Waals surface area (Å²) in [6.07, 6.45) is 5.06. The van der Waals surface area contributed by atoms with E-state index in [2.05, 4.69) is 20.4 Å². The van der Waals surface area contributed by atoms with E-state index in [4.69, 9.17) is 5.73 Å². The Morgan fingerprint density at radius 1 is 1.50 bits per heavy atom. The van der Waals surface area contributed by atoms with E-state index in [0.717, 1.165) is 0 Å². The minimum Gasteiger partial charge on any atom is -0.494 e. The molecule has 5 N–H and O–H groups in total. The van der Waals surface area contributed by atoms with Gasteiger partial charge in [0.2, 0.25) is 5.91 Å². The van der Waals surface area contributed by atoms with Crippen LogP contribution in [0, 0.1) is 11.7 Å². The zero-order chi connectivity index (χ0) is 19.0. The van der Waals surface area contributed by atoms with Crippen LogP contribution in [0.2, 0.25) is 0 Å². The second kappa shape index (κ2) is 6.66. The summed E-state index contributed by atoms with van der Waals surface area (Å²) in [5.41, 5.74) is 6.40. The van der Waals surface area contributed by atoms with E-state index < -0.39 is 17.8 Å². The van der Waals surface area contributed by atoms with E-state index in [1.807, 2.05) is 13.8 Å². The predicted molar refractivity (Wildman–Crippen MR) is 96.0 cm³/mol. The maximum atomic E-state index is 14.9. The van der Waals surface area contributed by atoms with E-state index in [1.54, 1.807) is 24.1 Å². The predicted octanol–water partition coefficient (Wildman–Crippen LogP) is 2.12. The lowest BCUT2D eigenvalue weighted by molar-refractivity contribution is -0.119. The highest BCUT2D eigenvalue weighted by Crippen LogP contribution is 2.37. The number of rotatable bonds is 6. The van der Waals surface area contributed by atoms with Crippen molar-refractivity contribution in [3.05, 3.63) is 24.4 Å². The normalized spacial score (nSPS) is 12.7. The number of carbonyl (C=O) groups excluding carboxylic acids is 1. The van der Waals surface area contributed by atoms with Crippen molar-refractivity contribution in [2.24, 2.45) is 18.7 Å². The number of primary amides is 1. The van der Waals surface area contributed by atoms with E-state index in [1.165, 1.54) is 6.20 Å². The Hall–Kier alpha value is -3.10. The highest BCUT2D eigenvalue weighted by molar-refractivity contribution is 6.00. The van der Waals surface area contributed by atoms with Gasteiger partial charge in [0.25, 0.3) is 0 Å². The minimum absolute atomic E-state index is 0.0974.